The van der Waals surface area contributed by atoms with Crippen LogP contribution in [-0.4, -0.2) is 9.78 Å². The molecule has 3 N–H and O–H groups in total. The van der Waals surface area contributed by atoms with Crippen molar-refractivity contribution in [3.8, 4) is 0 Å². The fraction of sp³-hybridized carbons (Fsp3) is 0.250. The molecule has 2 aromatic rings. The number of hydrogen-bond donors (Lipinski definition) is 2. The second-order valence-corrected chi connectivity index (χ2v) is 5.50. The smallest absolute Gasteiger partial charge is 0.0893 e. The number of hydrazine groups is 1. The minimum absolute atomic E-state index is 0.158. The van der Waals surface area contributed by atoms with Crippen molar-refractivity contribution in [1.29, 1.82) is 0 Å². The number of nitrogens with one attached hydrogen (secondary N) is 1. The monoisotopic (exact) mass is 376 g/mol. The van der Waals surface area contributed by atoms with Crippen molar-refractivity contribution in [3.05, 3.63) is 50.3 Å². The van der Waals surface area contributed by atoms with Gasteiger partial charge in [0, 0.05) is 10.1 Å². The molecule has 1 aromatic carbocycles. The second-order valence-electron chi connectivity index (χ2n) is 3.85. The number of aromatic nitrogens is 2. The Morgan fingerprint density at radius 3 is 2.94 bits per heavy atom. The van der Waals surface area contributed by atoms with Gasteiger partial charge < -0.3 is 0 Å². The molecule has 0 aliphatic heterocycles. The van der Waals surface area contributed by atoms with Crippen LogP contribution in [0.4, 0.5) is 0 Å². The average molecular weight is 377 g/mol. The molecule has 0 saturated carbocycles. The highest BCUT2D eigenvalue weighted by molar-refractivity contribution is 14.1. The van der Waals surface area contributed by atoms with E-state index in [2.05, 4.69) is 39.2 Å². The Hall–Kier alpha value is -0.630. The van der Waals surface area contributed by atoms with Crippen LogP contribution in [0.15, 0.2) is 30.5 Å². The van der Waals surface area contributed by atoms with E-state index in [0.29, 0.717) is 5.02 Å². The van der Waals surface area contributed by atoms with Crippen molar-refractivity contribution in [2.75, 3.05) is 0 Å². The van der Waals surface area contributed by atoms with Gasteiger partial charge in [0.25, 0.3) is 0 Å². The topological polar surface area (TPSA) is 55.9 Å². The molecule has 0 aliphatic rings. The molecule has 1 heterocycles. The van der Waals surface area contributed by atoms with E-state index in [-0.39, 0.29) is 6.04 Å². The van der Waals surface area contributed by atoms with E-state index in [1.54, 1.807) is 6.20 Å². The highest BCUT2D eigenvalue weighted by Crippen LogP contribution is 2.28. The summed E-state index contributed by atoms with van der Waals surface area (Å²) >= 11 is 8.48. The van der Waals surface area contributed by atoms with Crippen LogP contribution in [0.2, 0.25) is 5.02 Å². The first-order chi connectivity index (χ1) is 8.67. The first kappa shape index (κ1) is 13.8. The predicted octanol–water partition coefficient (Wildman–Crippen LogP) is 2.71. The van der Waals surface area contributed by atoms with Crippen LogP contribution in [0.25, 0.3) is 0 Å². The molecule has 0 amide bonds. The van der Waals surface area contributed by atoms with E-state index in [1.165, 1.54) is 0 Å². The maximum absolute atomic E-state index is 6.21. The molecule has 0 radical (unpaired) electrons. The van der Waals surface area contributed by atoms with Crippen LogP contribution in [0.5, 0.6) is 0 Å². The summed E-state index contributed by atoms with van der Waals surface area (Å²) in [6.07, 6.45) is 1.65. The molecular weight excluding hydrogens is 363 g/mol. The molecule has 2 rings (SSSR count). The number of nitrogens with two attached hydrogens (primary N) is 1. The average Bonchev–Trinajstić information content (AvgIpc) is 2.72. The maximum Gasteiger partial charge on any atom is 0.0893 e. The number of benzene rings is 1. The van der Waals surface area contributed by atoms with E-state index in [4.69, 9.17) is 17.4 Å². The summed E-state index contributed by atoms with van der Waals surface area (Å²) in [4.78, 5) is 0. The SMILES string of the molecule is CCn1ncc(Cl)c1C(NN)c1cccc(I)c1. The largest absolute Gasteiger partial charge is 0.271 e. The number of hydrogen-bond acceptors (Lipinski definition) is 3. The summed E-state index contributed by atoms with van der Waals surface area (Å²) in [5.74, 6) is 5.69. The summed E-state index contributed by atoms with van der Waals surface area (Å²) in [7, 11) is 0. The Labute approximate surface area is 125 Å². The highest BCUT2D eigenvalue weighted by atomic mass is 127. The third-order valence-electron chi connectivity index (χ3n) is 2.75. The second kappa shape index (κ2) is 6.01. The van der Waals surface area contributed by atoms with Crippen LogP contribution < -0.4 is 11.3 Å². The van der Waals surface area contributed by atoms with Crippen molar-refractivity contribution in [1.82, 2.24) is 15.2 Å². The summed E-state index contributed by atoms with van der Waals surface area (Å²) in [5.41, 5.74) is 4.78. The molecular formula is C12H14ClIN4. The molecule has 96 valence electrons. The van der Waals surface area contributed by atoms with Gasteiger partial charge in [-0.3, -0.25) is 10.5 Å². The number of halogens is 2. The zero-order chi connectivity index (χ0) is 13.1. The third kappa shape index (κ3) is 2.69. The van der Waals surface area contributed by atoms with Crippen LogP contribution >= 0.6 is 34.2 Å². The van der Waals surface area contributed by atoms with E-state index in [9.17, 15) is 0 Å². The van der Waals surface area contributed by atoms with Crippen LogP contribution in [0.3, 0.4) is 0 Å². The van der Waals surface area contributed by atoms with Gasteiger partial charge >= 0.3 is 0 Å². The Morgan fingerprint density at radius 2 is 2.33 bits per heavy atom. The first-order valence-electron chi connectivity index (χ1n) is 5.60. The molecule has 0 aliphatic carbocycles. The van der Waals surface area contributed by atoms with E-state index in [0.717, 1.165) is 21.4 Å². The lowest BCUT2D eigenvalue weighted by atomic mass is 10.0. The van der Waals surface area contributed by atoms with Crippen LogP contribution in [0.1, 0.15) is 24.2 Å². The lowest BCUT2D eigenvalue weighted by Gasteiger charge is -2.18. The Bertz CT molecular complexity index is 541. The summed E-state index contributed by atoms with van der Waals surface area (Å²) in [6.45, 7) is 2.78. The van der Waals surface area contributed by atoms with Crippen molar-refractivity contribution in [3.63, 3.8) is 0 Å². The van der Waals surface area contributed by atoms with Crippen molar-refractivity contribution < 1.29 is 0 Å². The number of nitrogens with zero attached hydrogens (tertiary/aromatic N) is 2. The molecule has 6 heteroatoms. The number of aryl methyl sites for hydroxylation is 1. The van der Waals surface area contributed by atoms with Gasteiger partial charge in [-0.2, -0.15) is 5.10 Å². The molecule has 18 heavy (non-hydrogen) atoms. The Morgan fingerprint density at radius 1 is 1.56 bits per heavy atom. The van der Waals surface area contributed by atoms with E-state index < -0.39 is 0 Å². The van der Waals surface area contributed by atoms with Crippen molar-refractivity contribution in [2.45, 2.75) is 19.5 Å². The molecule has 0 saturated heterocycles. The minimum Gasteiger partial charge on any atom is -0.271 e. The van der Waals surface area contributed by atoms with E-state index in [1.807, 2.05) is 29.8 Å². The zero-order valence-corrected chi connectivity index (χ0v) is 12.8. The molecule has 1 aromatic heterocycles. The lowest BCUT2D eigenvalue weighted by Crippen LogP contribution is -2.31. The lowest BCUT2D eigenvalue weighted by molar-refractivity contribution is 0.543. The Kier molecular flexibility index (Phi) is 4.60. The highest BCUT2D eigenvalue weighted by Gasteiger charge is 2.20. The normalized spacial score (nSPS) is 12.7. The Balaban J connectivity index is 2.48. The third-order valence-corrected chi connectivity index (χ3v) is 3.72. The molecule has 1 atom stereocenters. The minimum atomic E-state index is -0.158. The van der Waals surface area contributed by atoms with Crippen LogP contribution in [-0.2, 0) is 6.54 Å². The molecule has 0 fully saturated rings. The summed E-state index contributed by atoms with van der Waals surface area (Å²) in [6, 6.07) is 7.98. The maximum atomic E-state index is 6.21. The van der Waals surface area contributed by atoms with E-state index >= 15 is 0 Å². The molecule has 0 spiro atoms. The summed E-state index contributed by atoms with van der Waals surface area (Å²) < 4.78 is 3.01. The zero-order valence-electron chi connectivity index (χ0n) is 9.90. The fourth-order valence-corrected chi connectivity index (χ4v) is 2.75. The predicted molar refractivity (Wildman–Crippen MR) is 81.2 cm³/mol. The first-order valence-corrected chi connectivity index (χ1v) is 7.05. The molecule has 1 unspecified atom stereocenters. The standard InChI is InChI=1S/C12H14ClIN4/c1-2-18-12(10(13)7-16-18)11(17-15)8-4-3-5-9(14)6-8/h3-7,11,17H,2,15H2,1H3. The quantitative estimate of drug-likeness (QED) is 0.490. The van der Waals surface area contributed by atoms with Crippen molar-refractivity contribution in [2.24, 2.45) is 5.84 Å². The molecule has 4 nitrogen and oxygen atoms in total. The fourth-order valence-electron chi connectivity index (χ4n) is 1.93. The van der Waals surface area contributed by atoms with Gasteiger partial charge in [0.1, 0.15) is 0 Å². The van der Waals surface area contributed by atoms with Gasteiger partial charge in [-0.25, -0.2) is 5.43 Å². The summed E-state index contributed by atoms with van der Waals surface area (Å²) in [5, 5.41) is 4.86. The van der Waals surface area contributed by atoms with Gasteiger partial charge in [-0.05, 0) is 47.2 Å². The van der Waals surface area contributed by atoms with Gasteiger partial charge in [0.2, 0.25) is 0 Å². The van der Waals surface area contributed by atoms with Gasteiger partial charge in [-0.1, -0.05) is 23.7 Å². The molecule has 0 bridgehead atoms. The van der Waals surface area contributed by atoms with Gasteiger partial charge in [0.15, 0.2) is 0 Å². The van der Waals surface area contributed by atoms with Crippen LogP contribution in [0, 0.1) is 3.57 Å². The van der Waals surface area contributed by atoms with Crippen molar-refractivity contribution >= 4 is 34.2 Å². The van der Waals surface area contributed by atoms with Gasteiger partial charge in [0.05, 0.1) is 23.0 Å². The number of rotatable bonds is 4. The van der Waals surface area contributed by atoms with Gasteiger partial charge in [-0.15, -0.1) is 0 Å².